The van der Waals surface area contributed by atoms with Crippen LogP contribution in [0.15, 0.2) is 0 Å². The van der Waals surface area contributed by atoms with Crippen molar-refractivity contribution >= 4 is 11.8 Å². The summed E-state index contributed by atoms with van der Waals surface area (Å²) in [4.78, 5) is 1.33. The third-order valence-electron chi connectivity index (χ3n) is 1.15. The lowest BCUT2D eigenvalue weighted by molar-refractivity contribution is 0.193. The maximum absolute atomic E-state index is 9.33. The van der Waals surface area contributed by atoms with E-state index in [9.17, 15) is 5.11 Å². The molecule has 1 heterocycles. The average Bonchev–Trinajstić information content (AvgIpc) is 2.36. The maximum atomic E-state index is 9.33. The minimum absolute atomic E-state index is 0.391. The first-order chi connectivity index (χ1) is 5.24. The Bertz CT molecular complexity index is 226. The molecule has 0 radical (unpaired) electrons. The summed E-state index contributed by atoms with van der Waals surface area (Å²) in [6.45, 7) is 0. The Kier molecular flexibility index (Phi) is 2.84. The second-order valence-electron chi connectivity index (χ2n) is 2.11. The molecular weight excluding hydrogens is 164 g/mol. The van der Waals surface area contributed by atoms with Crippen LogP contribution in [-0.4, -0.2) is 37.3 Å². The lowest BCUT2D eigenvalue weighted by Crippen LogP contribution is -2.03. The van der Waals surface area contributed by atoms with E-state index in [1.165, 1.54) is 4.80 Å². The zero-order valence-electron chi connectivity index (χ0n) is 6.43. The number of aliphatic hydroxyl groups is 1. The zero-order chi connectivity index (χ0) is 8.27. The van der Waals surface area contributed by atoms with Gasteiger partial charge in [-0.1, -0.05) is 0 Å². The minimum Gasteiger partial charge on any atom is -0.384 e. The normalized spacial score (nSPS) is 13.4. The highest BCUT2D eigenvalue weighted by Gasteiger charge is 2.11. The van der Waals surface area contributed by atoms with E-state index in [1.807, 2.05) is 6.26 Å². The van der Waals surface area contributed by atoms with Gasteiger partial charge in [0.1, 0.15) is 6.10 Å². The Morgan fingerprint density at radius 2 is 2.45 bits per heavy atom. The maximum Gasteiger partial charge on any atom is 0.204 e. The molecule has 0 spiro atoms. The van der Waals surface area contributed by atoms with Gasteiger partial charge in [0.2, 0.25) is 5.82 Å². The van der Waals surface area contributed by atoms with Crippen LogP contribution in [0.25, 0.3) is 0 Å². The van der Waals surface area contributed by atoms with Gasteiger partial charge in [0, 0.05) is 5.75 Å². The van der Waals surface area contributed by atoms with Gasteiger partial charge in [0.15, 0.2) is 0 Å². The molecule has 0 amide bonds. The molecule has 6 heteroatoms. The predicted molar refractivity (Wildman–Crippen MR) is 42.1 cm³/mol. The van der Waals surface area contributed by atoms with Crippen molar-refractivity contribution in [2.45, 2.75) is 6.10 Å². The Hall–Kier alpha value is -0.620. The minimum atomic E-state index is -0.598. The van der Waals surface area contributed by atoms with Gasteiger partial charge in [-0.05, 0) is 11.5 Å². The van der Waals surface area contributed by atoms with E-state index in [-0.39, 0.29) is 0 Å². The summed E-state index contributed by atoms with van der Waals surface area (Å²) < 4.78 is 0. The van der Waals surface area contributed by atoms with E-state index < -0.39 is 6.10 Å². The van der Waals surface area contributed by atoms with E-state index >= 15 is 0 Å². The predicted octanol–water partition coefficient (Wildman–Crippen LogP) is -0.394. The van der Waals surface area contributed by atoms with Gasteiger partial charge in [-0.2, -0.15) is 16.6 Å². The summed E-state index contributed by atoms with van der Waals surface area (Å²) in [5.74, 6) is 0.993. The van der Waals surface area contributed by atoms with Crippen LogP contribution in [0.2, 0.25) is 0 Å². The largest absolute Gasteiger partial charge is 0.384 e. The first-order valence-electron chi connectivity index (χ1n) is 3.15. The van der Waals surface area contributed by atoms with Crippen molar-refractivity contribution in [3.05, 3.63) is 5.82 Å². The van der Waals surface area contributed by atoms with Gasteiger partial charge in [0.25, 0.3) is 0 Å². The summed E-state index contributed by atoms with van der Waals surface area (Å²) in [6.07, 6.45) is 1.32. The molecule has 5 nitrogen and oxygen atoms in total. The molecule has 0 aromatic carbocycles. The van der Waals surface area contributed by atoms with Gasteiger partial charge >= 0.3 is 0 Å². The number of tetrazole rings is 1. The number of nitrogens with zero attached hydrogens (tertiary/aromatic N) is 4. The highest BCUT2D eigenvalue weighted by Crippen LogP contribution is 2.10. The SMILES string of the molecule is CSCC(O)c1nnn(C)n1. The standard InChI is InChI=1S/C5H10N4OS/c1-9-7-5(6-8-9)4(10)3-11-2/h4,10H,3H2,1-2H3. The molecule has 0 bridgehead atoms. The summed E-state index contributed by atoms with van der Waals surface area (Å²) in [5, 5.41) is 20.5. The lowest BCUT2D eigenvalue weighted by Gasteiger charge is -2.00. The molecule has 0 aliphatic heterocycles. The molecule has 0 aliphatic carbocycles. The molecule has 1 aromatic rings. The van der Waals surface area contributed by atoms with Crippen molar-refractivity contribution in [1.82, 2.24) is 20.2 Å². The van der Waals surface area contributed by atoms with Crippen LogP contribution in [0.4, 0.5) is 0 Å². The van der Waals surface area contributed by atoms with Gasteiger partial charge in [-0.25, -0.2) is 0 Å². The molecule has 62 valence electrons. The van der Waals surface area contributed by atoms with Crippen LogP contribution in [0.1, 0.15) is 11.9 Å². The molecule has 0 fully saturated rings. The van der Waals surface area contributed by atoms with Crippen molar-refractivity contribution in [3.63, 3.8) is 0 Å². The van der Waals surface area contributed by atoms with Crippen molar-refractivity contribution in [1.29, 1.82) is 0 Å². The second kappa shape index (κ2) is 3.68. The van der Waals surface area contributed by atoms with Crippen LogP contribution < -0.4 is 0 Å². The van der Waals surface area contributed by atoms with Crippen LogP contribution in [0.5, 0.6) is 0 Å². The van der Waals surface area contributed by atoms with Crippen LogP contribution in [0, 0.1) is 0 Å². The molecule has 11 heavy (non-hydrogen) atoms. The monoisotopic (exact) mass is 174 g/mol. The number of thioether (sulfide) groups is 1. The summed E-state index contributed by atoms with van der Waals surface area (Å²) in [5.41, 5.74) is 0. The van der Waals surface area contributed by atoms with E-state index in [0.717, 1.165) is 0 Å². The van der Waals surface area contributed by atoms with E-state index in [2.05, 4.69) is 15.4 Å². The summed E-state index contributed by atoms with van der Waals surface area (Å²) >= 11 is 1.55. The van der Waals surface area contributed by atoms with E-state index in [0.29, 0.717) is 11.6 Å². The zero-order valence-corrected chi connectivity index (χ0v) is 7.25. The number of aliphatic hydroxyl groups excluding tert-OH is 1. The van der Waals surface area contributed by atoms with Crippen molar-refractivity contribution in [3.8, 4) is 0 Å². The van der Waals surface area contributed by atoms with Crippen LogP contribution in [0.3, 0.4) is 0 Å². The molecule has 1 unspecified atom stereocenters. The first-order valence-corrected chi connectivity index (χ1v) is 4.54. The van der Waals surface area contributed by atoms with Crippen molar-refractivity contribution < 1.29 is 5.11 Å². The average molecular weight is 174 g/mol. The number of rotatable bonds is 3. The molecule has 1 atom stereocenters. The number of aryl methyl sites for hydroxylation is 1. The first kappa shape index (κ1) is 8.48. The fourth-order valence-electron chi connectivity index (χ4n) is 0.665. The number of hydrogen-bond donors (Lipinski definition) is 1. The molecular formula is C5H10N4OS. The fraction of sp³-hybridized carbons (Fsp3) is 0.800. The highest BCUT2D eigenvalue weighted by molar-refractivity contribution is 7.98. The Balaban J connectivity index is 2.60. The Morgan fingerprint density at radius 1 is 1.73 bits per heavy atom. The van der Waals surface area contributed by atoms with Gasteiger partial charge in [-0.3, -0.25) is 0 Å². The summed E-state index contributed by atoms with van der Waals surface area (Å²) in [7, 11) is 1.67. The smallest absolute Gasteiger partial charge is 0.204 e. The second-order valence-corrected chi connectivity index (χ2v) is 3.02. The quantitative estimate of drug-likeness (QED) is 0.676. The van der Waals surface area contributed by atoms with Crippen LogP contribution in [-0.2, 0) is 7.05 Å². The van der Waals surface area contributed by atoms with Crippen molar-refractivity contribution in [2.75, 3.05) is 12.0 Å². The van der Waals surface area contributed by atoms with E-state index in [4.69, 9.17) is 0 Å². The number of aromatic nitrogens is 4. The van der Waals surface area contributed by atoms with E-state index in [1.54, 1.807) is 18.8 Å². The van der Waals surface area contributed by atoms with Crippen LogP contribution >= 0.6 is 11.8 Å². The van der Waals surface area contributed by atoms with Crippen molar-refractivity contribution in [2.24, 2.45) is 7.05 Å². The Labute approximate surface area is 68.8 Å². The topological polar surface area (TPSA) is 63.8 Å². The van der Waals surface area contributed by atoms with Gasteiger partial charge in [0.05, 0.1) is 7.05 Å². The molecule has 1 aromatic heterocycles. The van der Waals surface area contributed by atoms with Gasteiger partial charge in [-0.15, -0.1) is 10.2 Å². The molecule has 0 saturated heterocycles. The third-order valence-corrected chi connectivity index (χ3v) is 1.80. The Morgan fingerprint density at radius 3 is 2.91 bits per heavy atom. The molecule has 0 saturated carbocycles. The molecule has 0 aliphatic rings. The molecule has 1 rings (SSSR count). The number of hydrogen-bond acceptors (Lipinski definition) is 5. The molecule has 1 N–H and O–H groups in total. The fourth-order valence-corrected chi connectivity index (χ4v) is 1.13. The third kappa shape index (κ3) is 2.16. The highest BCUT2D eigenvalue weighted by atomic mass is 32.2. The summed E-state index contributed by atoms with van der Waals surface area (Å²) in [6, 6.07) is 0. The van der Waals surface area contributed by atoms with Gasteiger partial charge < -0.3 is 5.11 Å². The lowest BCUT2D eigenvalue weighted by atomic mass is 10.4.